The Morgan fingerprint density at radius 2 is 0.746 bits per heavy atom. The zero-order chi connectivity index (χ0) is 41.7. The Bertz CT molecular complexity index is 3500. The maximum Gasteiger partial charge on any atom is 0.179 e. The Morgan fingerprint density at radius 1 is 0.254 bits per heavy atom. The fourth-order valence-corrected chi connectivity index (χ4v) is 15.1. The highest BCUT2D eigenvalue weighted by Gasteiger charge is 2.41. The fraction of sp³-hybridized carbons (Fsp3) is 0. The lowest BCUT2D eigenvalue weighted by Crippen LogP contribution is -2.74. The van der Waals surface area contributed by atoms with E-state index in [1.165, 1.54) is 86.6 Å². The van der Waals surface area contributed by atoms with Crippen LogP contribution in [0, 0.1) is 0 Å². The van der Waals surface area contributed by atoms with Gasteiger partial charge < -0.3 is 9.13 Å². The van der Waals surface area contributed by atoms with Crippen molar-refractivity contribution in [3.63, 3.8) is 0 Å². The van der Waals surface area contributed by atoms with Crippen molar-refractivity contribution in [2.45, 2.75) is 0 Å². The van der Waals surface area contributed by atoms with Gasteiger partial charge in [0, 0.05) is 27.2 Å². The van der Waals surface area contributed by atoms with E-state index in [4.69, 9.17) is 0 Å². The molecule has 0 aliphatic rings. The predicted molar refractivity (Wildman–Crippen MR) is 270 cm³/mol. The molecule has 2 nitrogen and oxygen atoms in total. The number of rotatable bonds is 8. The van der Waals surface area contributed by atoms with Gasteiger partial charge in [-0.15, -0.1) is 0 Å². The molecule has 296 valence electrons. The van der Waals surface area contributed by atoms with Gasteiger partial charge in [0.15, 0.2) is 8.07 Å². The van der Waals surface area contributed by atoms with Gasteiger partial charge in [0.25, 0.3) is 0 Å². The Labute approximate surface area is 368 Å². The van der Waals surface area contributed by atoms with Crippen LogP contribution in [0.3, 0.4) is 0 Å². The van der Waals surface area contributed by atoms with Crippen molar-refractivity contribution >= 4 is 72.4 Å². The summed E-state index contributed by atoms with van der Waals surface area (Å²) in [6.45, 7) is 0. The smallest absolute Gasteiger partial charge is 0.179 e. The van der Waals surface area contributed by atoms with Crippen LogP contribution in [0.4, 0.5) is 0 Å². The Balaban J connectivity index is 1.20. The third-order valence-electron chi connectivity index (χ3n) is 13.1. The molecule has 2 heterocycles. The first-order valence-corrected chi connectivity index (χ1v) is 23.8. The van der Waals surface area contributed by atoms with Crippen LogP contribution < -0.4 is 20.7 Å². The molecule has 3 heteroatoms. The summed E-state index contributed by atoms with van der Waals surface area (Å²) in [6.07, 6.45) is 0. The lowest BCUT2D eigenvalue weighted by molar-refractivity contribution is 1.13. The maximum absolute atomic E-state index is 2.83. The summed E-state index contributed by atoms with van der Waals surface area (Å²) in [4.78, 5) is 0. The largest absolute Gasteiger partial charge is 0.307 e. The zero-order valence-electron chi connectivity index (χ0n) is 34.6. The summed E-state index contributed by atoms with van der Waals surface area (Å²) in [6, 6.07) is 94.3. The average Bonchev–Trinajstić information content (AvgIpc) is 3.88. The molecule has 63 heavy (non-hydrogen) atoms. The Morgan fingerprint density at radius 3 is 1.38 bits per heavy atom. The van der Waals surface area contributed by atoms with Crippen LogP contribution in [-0.4, -0.2) is 17.2 Å². The quantitative estimate of drug-likeness (QED) is 0.107. The molecule has 0 N–H and O–H groups in total. The van der Waals surface area contributed by atoms with Crippen molar-refractivity contribution in [1.29, 1.82) is 0 Å². The van der Waals surface area contributed by atoms with Gasteiger partial charge in [0.2, 0.25) is 0 Å². The molecule has 2 aromatic heterocycles. The highest BCUT2D eigenvalue weighted by molar-refractivity contribution is 7.20. The molecule has 0 spiro atoms. The molecule has 0 amide bonds. The van der Waals surface area contributed by atoms with Gasteiger partial charge in [0.05, 0.1) is 27.8 Å². The van der Waals surface area contributed by atoms with Gasteiger partial charge >= 0.3 is 0 Å². The third kappa shape index (κ3) is 5.93. The predicted octanol–water partition coefficient (Wildman–Crippen LogP) is 12.6. The van der Waals surface area contributed by atoms with E-state index in [9.17, 15) is 0 Å². The summed E-state index contributed by atoms with van der Waals surface area (Å²) < 4.78 is 5.05. The van der Waals surface area contributed by atoms with Crippen LogP contribution in [0.1, 0.15) is 0 Å². The van der Waals surface area contributed by atoms with Crippen molar-refractivity contribution in [1.82, 2.24) is 9.13 Å². The van der Waals surface area contributed by atoms with Crippen LogP contribution >= 0.6 is 0 Å². The lowest BCUT2D eigenvalue weighted by atomic mass is 10.0. The molecule has 0 aliphatic heterocycles. The van der Waals surface area contributed by atoms with Gasteiger partial charge in [-0.05, 0) is 85.5 Å². The summed E-state index contributed by atoms with van der Waals surface area (Å²) >= 11 is 0. The van der Waals surface area contributed by atoms with Crippen LogP contribution in [0.2, 0.25) is 0 Å². The Hall–Kier alpha value is -7.98. The van der Waals surface area contributed by atoms with Gasteiger partial charge in [-0.1, -0.05) is 212 Å². The molecule has 10 aromatic carbocycles. The van der Waals surface area contributed by atoms with Gasteiger partial charge in [-0.25, -0.2) is 0 Å². The standard InChI is InChI=1S/C60H42N2Si/c1-6-20-43(21-7-1)45-24-18-25-47(40-45)61-57-39-36-46(44-22-8-2-9-23-44)41-55(57)54-33-19-35-58(60(54)61)62-56-34-17-16-32-52(56)53-38-37-51(42-59(53)62)63(48-26-10-3-11-27-48,49-28-12-4-13-29-49)50-30-14-5-15-31-50/h1-42H. The summed E-state index contributed by atoms with van der Waals surface area (Å²) in [5.74, 6) is 0. The molecule has 0 atom stereocenters. The van der Waals surface area contributed by atoms with Crippen molar-refractivity contribution in [3.05, 3.63) is 255 Å². The van der Waals surface area contributed by atoms with Crippen LogP contribution in [0.5, 0.6) is 0 Å². The second kappa shape index (κ2) is 15.2. The summed E-state index contributed by atoms with van der Waals surface area (Å²) in [7, 11) is -2.83. The minimum atomic E-state index is -2.83. The van der Waals surface area contributed by atoms with Gasteiger partial charge in [-0.2, -0.15) is 0 Å². The van der Waals surface area contributed by atoms with Crippen molar-refractivity contribution < 1.29 is 0 Å². The summed E-state index contributed by atoms with van der Waals surface area (Å²) in [5.41, 5.74) is 11.8. The number of benzene rings is 10. The van der Waals surface area contributed by atoms with E-state index in [1.807, 2.05) is 0 Å². The minimum absolute atomic E-state index is 1.13. The third-order valence-corrected chi connectivity index (χ3v) is 17.8. The second-order valence-electron chi connectivity index (χ2n) is 16.5. The van der Waals surface area contributed by atoms with E-state index in [1.54, 1.807) is 0 Å². The Kier molecular flexibility index (Phi) is 8.87. The maximum atomic E-state index is 2.55. The van der Waals surface area contributed by atoms with Crippen LogP contribution in [0.25, 0.3) is 77.2 Å². The van der Waals surface area contributed by atoms with Crippen LogP contribution in [-0.2, 0) is 0 Å². The molecule has 12 aromatic rings. The first kappa shape index (κ1) is 36.8. The molecular weight excluding hydrogens is 777 g/mol. The normalized spacial score (nSPS) is 11.8. The van der Waals surface area contributed by atoms with E-state index in [-0.39, 0.29) is 0 Å². The molecule has 0 saturated carbocycles. The molecule has 0 aliphatic carbocycles. The van der Waals surface area contributed by atoms with Crippen molar-refractivity contribution in [2.24, 2.45) is 0 Å². The SMILES string of the molecule is c1ccc(-c2cccc(-n3c4ccc(-c5ccccc5)cc4c4cccc(-n5c6ccccc6c6ccc([Si](c7ccccc7)(c7ccccc7)c7ccccc7)cc65)c43)c2)cc1. The lowest BCUT2D eigenvalue weighted by Gasteiger charge is -2.34. The number of fused-ring (bicyclic) bond motifs is 6. The van der Waals surface area contributed by atoms with Crippen molar-refractivity contribution in [3.8, 4) is 33.6 Å². The number of hydrogen-bond donors (Lipinski definition) is 0. The van der Waals surface area contributed by atoms with Crippen LogP contribution in [0.15, 0.2) is 255 Å². The second-order valence-corrected chi connectivity index (χ2v) is 20.3. The number of para-hydroxylation sites is 2. The first-order chi connectivity index (χ1) is 31.3. The zero-order valence-corrected chi connectivity index (χ0v) is 35.6. The molecule has 0 radical (unpaired) electrons. The molecule has 0 unspecified atom stereocenters. The summed E-state index contributed by atoms with van der Waals surface area (Å²) in [5, 5.41) is 10.3. The van der Waals surface area contributed by atoms with Gasteiger partial charge in [0.1, 0.15) is 0 Å². The average molecular weight is 819 g/mol. The number of nitrogens with zero attached hydrogens (tertiary/aromatic N) is 2. The van der Waals surface area contributed by atoms with Crippen molar-refractivity contribution in [2.75, 3.05) is 0 Å². The highest BCUT2D eigenvalue weighted by Crippen LogP contribution is 2.41. The topological polar surface area (TPSA) is 9.86 Å². The van der Waals surface area contributed by atoms with E-state index < -0.39 is 8.07 Å². The molecular formula is C60H42N2Si. The monoisotopic (exact) mass is 818 g/mol. The van der Waals surface area contributed by atoms with E-state index >= 15 is 0 Å². The van der Waals surface area contributed by atoms with E-state index in [0.29, 0.717) is 0 Å². The van der Waals surface area contributed by atoms with E-state index in [0.717, 1.165) is 11.4 Å². The minimum Gasteiger partial charge on any atom is -0.307 e. The fourth-order valence-electron chi connectivity index (χ4n) is 10.3. The molecule has 0 saturated heterocycles. The van der Waals surface area contributed by atoms with Gasteiger partial charge in [-0.3, -0.25) is 0 Å². The van der Waals surface area contributed by atoms with E-state index in [2.05, 4.69) is 264 Å². The number of hydrogen-bond acceptors (Lipinski definition) is 0. The first-order valence-electron chi connectivity index (χ1n) is 21.8. The molecule has 0 fully saturated rings. The highest BCUT2D eigenvalue weighted by atomic mass is 28.3. The molecule has 0 bridgehead atoms. The molecule has 12 rings (SSSR count). The number of aromatic nitrogens is 2.